The number of aromatic nitrogens is 5. The summed E-state index contributed by atoms with van der Waals surface area (Å²) in [6, 6.07) is 11.3. The average Bonchev–Trinajstić information content (AvgIpc) is 3.04. The van der Waals surface area contributed by atoms with Crippen LogP contribution in [-0.4, -0.2) is 24.1 Å². The smallest absolute Gasteiger partial charge is 0.290 e. The van der Waals surface area contributed by atoms with Crippen molar-refractivity contribution in [1.29, 1.82) is 0 Å². The fourth-order valence-electron chi connectivity index (χ4n) is 2.52. The second-order valence-electron chi connectivity index (χ2n) is 4.60. The predicted molar refractivity (Wildman–Crippen MR) is 75.2 cm³/mol. The third kappa shape index (κ3) is 1.36. The number of aryl methyl sites for hydroxylation is 1. The number of imidazole rings is 1. The van der Waals surface area contributed by atoms with Crippen molar-refractivity contribution in [3.63, 3.8) is 0 Å². The number of rotatable bonds is 1. The SMILES string of the molecule is Cc1c2c(nc3ccnn13)[nH]c(=O)n2-c1ccccc1. The van der Waals surface area contributed by atoms with E-state index in [0.29, 0.717) is 5.65 Å². The van der Waals surface area contributed by atoms with Crippen LogP contribution < -0.4 is 5.69 Å². The maximum atomic E-state index is 12.2. The van der Waals surface area contributed by atoms with E-state index in [-0.39, 0.29) is 5.69 Å². The van der Waals surface area contributed by atoms with Gasteiger partial charge in [-0.25, -0.2) is 14.3 Å². The van der Waals surface area contributed by atoms with E-state index in [4.69, 9.17) is 0 Å². The molecule has 4 rings (SSSR count). The molecule has 1 N–H and O–H groups in total. The van der Waals surface area contributed by atoms with Crippen LogP contribution in [0.25, 0.3) is 22.5 Å². The van der Waals surface area contributed by atoms with Gasteiger partial charge in [0.05, 0.1) is 17.6 Å². The molecule has 0 saturated heterocycles. The van der Waals surface area contributed by atoms with Crippen molar-refractivity contribution in [1.82, 2.24) is 24.1 Å². The summed E-state index contributed by atoms with van der Waals surface area (Å²) in [5.74, 6) is 0. The zero-order valence-electron chi connectivity index (χ0n) is 10.7. The summed E-state index contributed by atoms with van der Waals surface area (Å²) in [6.07, 6.45) is 1.69. The molecule has 4 aromatic rings. The lowest BCUT2D eigenvalue weighted by Gasteiger charge is -2.06. The second-order valence-corrected chi connectivity index (χ2v) is 4.60. The molecular formula is C14H11N5O. The summed E-state index contributed by atoms with van der Waals surface area (Å²) >= 11 is 0. The van der Waals surface area contributed by atoms with Crippen molar-refractivity contribution in [3.8, 4) is 5.69 Å². The Morgan fingerprint density at radius 3 is 2.75 bits per heavy atom. The van der Waals surface area contributed by atoms with Crippen LogP contribution in [0.15, 0.2) is 47.4 Å². The zero-order valence-corrected chi connectivity index (χ0v) is 10.7. The third-order valence-corrected chi connectivity index (χ3v) is 3.40. The number of nitrogens with zero attached hydrogens (tertiary/aromatic N) is 4. The monoisotopic (exact) mass is 265 g/mol. The molecule has 1 aromatic carbocycles. The zero-order chi connectivity index (χ0) is 13.7. The van der Waals surface area contributed by atoms with E-state index >= 15 is 0 Å². The molecule has 0 atom stereocenters. The molecule has 0 spiro atoms. The second kappa shape index (κ2) is 3.80. The molecule has 0 bridgehead atoms. The van der Waals surface area contributed by atoms with Gasteiger partial charge in [-0.2, -0.15) is 5.10 Å². The van der Waals surface area contributed by atoms with Crippen molar-refractivity contribution < 1.29 is 0 Å². The minimum absolute atomic E-state index is 0.199. The number of aromatic amines is 1. The Morgan fingerprint density at radius 1 is 1.15 bits per heavy atom. The summed E-state index contributed by atoms with van der Waals surface area (Å²) in [6.45, 7) is 1.93. The molecule has 6 nitrogen and oxygen atoms in total. The van der Waals surface area contributed by atoms with Gasteiger partial charge in [0.15, 0.2) is 11.3 Å². The van der Waals surface area contributed by atoms with Gasteiger partial charge in [-0.05, 0) is 19.1 Å². The molecule has 0 aliphatic heterocycles. The lowest BCUT2D eigenvalue weighted by molar-refractivity contribution is 0.899. The van der Waals surface area contributed by atoms with Gasteiger partial charge in [0.25, 0.3) is 0 Å². The highest BCUT2D eigenvalue weighted by Crippen LogP contribution is 2.18. The number of nitrogens with one attached hydrogen (secondary N) is 1. The number of fused-ring (bicyclic) bond motifs is 2. The van der Waals surface area contributed by atoms with Gasteiger partial charge < -0.3 is 0 Å². The van der Waals surface area contributed by atoms with Crippen LogP contribution in [0.4, 0.5) is 0 Å². The van der Waals surface area contributed by atoms with Crippen molar-refractivity contribution in [2.45, 2.75) is 6.92 Å². The first kappa shape index (κ1) is 11.0. The van der Waals surface area contributed by atoms with Crippen molar-refractivity contribution in [2.24, 2.45) is 0 Å². The minimum Gasteiger partial charge on any atom is -0.290 e. The molecule has 0 fully saturated rings. The highest BCUT2D eigenvalue weighted by molar-refractivity contribution is 5.78. The number of para-hydroxylation sites is 1. The standard InChI is InChI=1S/C14H11N5O/c1-9-12-13(16-11-7-8-15-19(9)11)17-14(20)18(12)10-5-3-2-4-6-10/h2-8H,1H3,(H,16,17,20). The Balaban J connectivity index is 2.21. The third-order valence-electron chi connectivity index (χ3n) is 3.40. The minimum atomic E-state index is -0.199. The van der Waals surface area contributed by atoms with Gasteiger partial charge >= 0.3 is 5.69 Å². The molecule has 0 unspecified atom stereocenters. The Kier molecular flexibility index (Phi) is 2.09. The van der Waals surface area contributed by atoms with Crippen LogP contribution in [-0.2, 0) is 0 Å². The Morgan fingerprint density at radius 2 is 1.95 bits per heavy atom. The van der Waals surface area contributed by atoms with Crippen molar-refractivity contribution >= 4 is 16.8 Å². The van der Waals surface area contributed by atoms with E-state index in [1.807, 2.05) is 43.3 Å². The number of hydrogen-bond donors (Lipinski definition) is 1. The van der Waals surface area contributed by atoms with Crippen LogP contribution in [0, 0.1) is 6.92 Å². The van der Waals surface area contributed by atoms with Crippen LogP contribution in [0.3, 0.4) is 0 Å². The van der Waals surface area contributed by atoms with E-state index in [2.05, 4.69) is 15.1 Å². The van der Waals surface area contributed by atoms with E-state index < -0.39 is 0 Å². The molecule has 0 saturated carbocycles. The number of hydrogen-bond acceptors (Lipinski definition) is 3. The highest BCUT2D eigenvalue weighted by atomic mass is 16.1. The van der Waals surface area contributed by atoms with Gasteiger partial charge in [0.2, 0.25) is 0 Å². The first-order chi connectivity index (χ1) is 9.75. The molecular weight excluding hydrogens is 254 g/mol. The summed E-state index contributed by atoms with van der Waals surface area (Å²) in [7, 11) is 0. The Bertz CT molecular complexity index is 977. The average molecular weight is 265 g/mol. The first-order valence-electron chi connectivity index (χ1n) is 6.26. The van der Waals surface area contributed by atoms with Gasteiger partial charge in [0.1, 0.15) is 5.52 Å². The molecule has 98 valence electrons. The molecule has 3 heterocycles. The molecule has 0 aliphatic carbocycles. The number of benzene rings is 1. The van der Waals surface area contributed by atoms with E-state index in [1.54, 1.807) is 15.3 Å². The van der Waals surface area contributed by atoms with Crippen LogP contribution in [0.2, 0.25) is 0 Å². The fourth-order valence-corrected chi connectivity index (χ4v) is 2.52. The van der Waals surface area contributed by atoms with Gasteiger partial charge in [-0.1, -0.05) is 18.2 Å². The predicted octanol–water partition coefficient (Wildman–Crippen LogP) is 1.67. The lowest BCUT2D eigenvalue weighted by Crippen LogP contribution is -2.15. The summed E-state index contributed by atoms with van der Waals surface area (Å²) < 4.78 is 3.35. The highest BCUT2D eigenvalue weighted by Gasteiger charge is 2.15. The van der Waals surface area contributed by atoms with Crippen LogP contribution >= 0.6 is 0 Å². The van der Waals surface area contributed by atoms with Gasteiger partial charge in [-0.3, -0.25) is 9.55 Å². The lowest BCUT2D eigenvalue weighted by atomic mass is 10.3. The summed E-state index contributed by atoms with van der Waals surface area (Å²) in [5.41, 5.74) is 3.52. The Labute approximate surface area is 113 Å². The Hall–Kier alpha value is -2.89. The summed E-state index contributed by atoms with van der Waals surface area (Å²) in [4.78, 5) is 19.5. The normalized spacial score (nSPS) is 11.4. The van der Waals surface area contributed by atoms with Gasteiger partial charge in [-0.15, -0.1) is 0 Å². The van der Waals surface area contributed by atoms with Gasteiger partial charge in [0, 0.05) is 6.07 Å². The molecule has 0 amide bonds. The topological polar surface area (TPSA) is 68.0 Å². The largest absolute Gasteiger partial charge is 0.332 e. The molecule has 3 aromatic heterocycles. The fraction of sp³-hybridized carbons (Fsp3) is 0.0714. The van der Waals surface area contributed by atoms with Crippen LogP contribution in [0.5, 0.6) is 0 Å². The maximum absolute atomic E-state index is 12.2. The number of H-pyrrole nitrogens is 1. The molecule has 20 heavy (non-hydrogen) atoms. The van der Waals surface area contributed by atoms with E-state index in [1.165, 1.54) is 0 Å². The molecule has 0 aliphatic rings. The molecule has 6 heteroatoms. The van der Waals surface area contributed by atoms with Crippen molar-refractivity contribution in [3.05, 3.63) is 58.8 Å². The quantitative estimate of drug-likeness (QED) is 0.569. The van der Waals surface area contributed by atoms with E-state index in [0.717, 1.165) is 22.5 Å². The maximum Gasteiger partial charge on any atom is 0.332 e. The van der Waals surface area contributed by atoms with Crippen LogP contribution in [0.1, 0.15) is 5.69 Å². The van der Waals surface area contributed by atoms with E-state index in [9.17, 15) is 4.79 Å². The summed E-state index contributed by atoms with van der Waals surface area (Å²) in [5, 5.41) is 4.24. The first-order valence-corrected chi connectivity index (χ1v) is 6.26. The van der Waals surface area contributed by atoms with Crippen molar-refractivity contribution in [2.75, 3.05) is 0 Å². The molecule has 0 radical (unpaired) electrons.